The molecule has 33 heavy (non-hydrogen) atoms. The summed E-state index contributed by atoms with van der Waals surface area (Å²) in [5, 5.41) is 7.41. The van der Waals surface area contributed by atoms with E-state index in [0.717, 1.165) is 9.87 Å². The van der Waals surface area contributed by atoms with Crippen LogP contribution < -0.4 is 9.62 Å². The number of anilines is 2. The van der Waals surface area contributed by atoms with E-state index in [4.69, 9.17) is 11.6 Å². The van der Waals surface area contributed by atoms with E-state index in [1.807, 2.05) is 24.4 Å². The van der Waals surface area contributed by atoms with Crippen molar-refractivity contribution in [3.63, 3.8) is 0 Å². The molecule has 1 heterocycles. The van der Waals surface area contributed by atoms with Crippen molar-refractivity contribution in [1.29, 1.82) is 0 Å². The predicted octanol–water partition coefficient (Wildman–Crippen LogP) is 4.66. The van der Waals surface area contributed by atoms with Gasteiger partial charge in [-0.3, -0.25) is 13.8 Å². The molecule has 0 saturated carbocycles. The highest BCUT2D eigenvalue weighted by atomic mass is 35.5. The molecule has 1 N–H and O–H groups in total. The molecule has 0 atom stereocenters. The Bertz CT molecular complexity index is 1370. The minimum atomic E-state index is -3.88. The third-order valence-electron chi connectivity index (χ3n) is 5.04. The molecule has 0 radical (unpaired) electrons. The first-order valence-corrected chi connectivity index (χ1v) is 11.9. The molecule has 9 heteroatoms. The van der Waals surface area contributed by atoms with Crippen molar-refractivity contribution in [3.05, 3.63) is 107 Å². The van der Waals surface area contributed by atoms with Gasteiger partial charge in [0.25, 0.3) is 15.9 Å². The van der Waals surface area contributed by atoms with Crippen LogP contribution in [0.3, 0.4) is 0 Å². The standard InChI is InChI=1S/C24H21ClN4O3S/c1-28(22-7-3-6-20(25)16-22)33(31,32)23-8-2-5-19(15-23)24(30)27-21-11-9-18(10-12-21)17-29-14-4-13-26-29/h2-16H,17H2,1H3,(H,27,30). The second-order valence-electron chi connectivity index (χ2n) is 7.33. The van der Waals surface area contributed by atoms with Gasteiger partial charge in [-0.2, -0.15) is 5.10 Å². The Labute approximate surface area is 197 Å². The van der Waals surface area contributed by atoms with E-state index in [2.05, 4.69) is 10.4 Å². The van der Waals surface area contributed by atoms with E-state index in [1.54, 1.807) is 59.4 Å². The van der Waals surface area contributed by atoms with Gasteiger partial charge >= 0.3 is 0 Å². The SMILES string of the molecule is CN(c1cccc(Cl)c1)S(=O)(=O)c1cccc(C(=O)Nc2ccc(Cn3cccn3)cc2)c1. The summed E-state index contributed by atoms with van der Waals surface area (Å²) in [6.45, 7) is 0.626. The molecule has 0 saturated heterocycles. The second kappa shape index (κ2) is 9.48. The van der Waals surface area contributed by atoms with Gasteiger partial charge in [0.05, 0.1) is 17.1 Å². The highest BCUT2D eigenvalue weighted by Crippen LogP contribution is 2.25. The van der Waals surface area contributed by atoms with E-state index in [1.165, 1.54) is 19.2 Å². The van der Waals surface area contributed by atoms with Gasteiger partial charge in [-0.15, -0.1) is 0 Å². The van der Waals surface area contributed by atoms with Crippen molar-refractivity contribution in [2.24, 2.45) is 0 Å². The minimum Gasteiger partial charge on any atom is -0.322 e. The lowest BCUT2D eigenvalue weighted by Gasteiger charge is -2.20. The Morgan fingerprint density at radius 2 is 1.79 bits per heavy atom. The fourth-order valence-corrected chi connectivity index (χ4v) is 4.66. The van der Waals surface area contributed by atoms with Crippen molar-refractivity contribution in [1.82, 2.24) is 9.78 Å². The van der Waals surface area contributed by atoms with Gasteiger partial charge in [0, 0.05) is 35.7 Å². The van der Waals surface area contributed by atoms with Gasteiger partial charge in [0.15, 0.2) is 0 Å². The zero-order valence-corrected chi connectivity index (χ0v) is 19.3. The maximum Gasteiger partial charge on any atom is 0.264 e. The topological polar surface area (TPSA) is 84.3 Å². The van der Waals surface area contributed by atoms with E-state index in [-0.39, 0.29) is 10.5 Å². The van der Waals surface area contributed by atoms with Crippen molar-refractivity contribution in [2.75, 3.05) is 16.7 Å². The Kier molecular flexibility index (Phi) is 6.48. The third-order valence-corrected chi connectivity index (χ3v) is 7.06. The molecule has 7 nitrogen and oxygen atoms in total. The first-order valence-electron chi connectivity index (χ1n) is 10.1. The number of rotatable bonds is 7. The number of carbonyl (C=O) groups excluding carboxylic acids is 1. The van der Waals surface area contributed by atoms with E-state index < -0.39 is 15.9 Å². The Morgan fingerprint density at radius 3 is 2.48 bits per heavy atom. The molecular weight excluding hydrogens is 460 g/mol. The molecule has 0 aliphatic carbocycles. The molecule has 1 amide bonds. The Balaban J connectivity index is 1.49. The largest absolute Gasteiger partial charge is 0.322 e. The number of halogens is 1. The number of nitrogens with zero attached hydrogens (tertiary/aromatic N) is 3. The highest BCUT2D eigenvalue weighted by Gasteiger charge is 2.22. The van der Waals surface area contributed by atoms with Crippen LogP contribution in [0.5, 0.6) is 0 Å². The molecule has 3 aromatic carbocycles. The Morgan fingerprint density at radius 1 is 1.03 bits per heavy atom. The van der Waals surface area contributed by atoms with Gasteiger partial charge in [-0.1, -0.05) is 35.9 Å². The summed E-state index contributed by atoms with van der Waals surface area (Å²) in [6.07, 6.45) is 3.59. The van der Waals surface area contributed by atoms with Gasteiger partial charge in [0.1, 0.15) is 0 Å². The van der Waals surface area contributed by atoms with Crippen molar-refractivity contribution >= 4 is 38.9 Å². The molecule has 0 aliphatic rings. The van der Waals surface area contributed by atoms with Crippen LogP contribution in [0.4, 0.5) is 11.4 Å². The summed E-state index contributed by atoms with van der Waals surface area (Å²) < 4.78 is 29.1. The molecule has 0 fully saturated rings. The third kappa shape index (κ3) is 5.24. The van der Waals surface area contributed by atoms with Crippen molar-refractivity contribution < 1.29 is 13.2 Å². The molecular formula is C24H21ClN4O3S. The quantitative estimate of drug-likeness (QED) is 0.417. The molecule has 4 aromatic rings. The molecule has 0 spiro atoms. The zero-order valence-electron chi connectivity index (χ0n) is 17.7. The van der Waals surface area contributed by atoms with Crippen LogP contribution in [-0.2, 0) is 16.6 Å². The van der Waals surface area contributed by atoms with Crippen LogP contribution in [0.2, 0.25) is 5.02 Å². The average Bonchev–Trinajstić information content (AvgIpc) is 3.33. The molecule has 0 unspecified atom stereocenters. The van der Waals surface area contributed by atoms with Gasteiger partial charge in [-0.05, 0) is 60.2 Å². The summed E-state index contributed by atoms with van der Waals surface area (Å²) >= 11 is 6.00. The van der Waals surface area contributed by atoms with Crippen LogP contribution in [-0.4, -0.2) is 31.2 Å². The number of hydrogen-bond acceptors (Lipinski definition) is 4. The van der Waals surface area contributed by atoms with Crippen LogP contribution in [0.25, 0.3) is 0 Å². The molecule has 4 rings (SSSR count). The average molecular weight is 481 g/mol. The van der Waals surface area contributed by atoms with E-state index in [9.17, 15) is 13.2 Å². The number of carbonyl (C=O) groups is 1. The molecule has 1 aromatic heterocycles. The van der Waals surface area contributed by atoms with Crippen LogP contribution >= 0.6 is 11.6 Å². The summed E-state index contributed by atoms with van der Waals surface area (Å²) in [7, 11) is -2.44. The van der Waals surface area contributed by atoms with Gasteiger partial charge in [-0.25, -0.2) is 8.42 Å². The summed E-state index contributed by atoms with van der Waals surface area (Å²) in [4.78, 5) is 12.8. The first-order chi connectivity index (χ1) is 15.8. The number of nitrogens with one attached hydrogen (secondary N) is 1. The predicted molar refractivity (Wildman–Crippen MR) is 129 cm³/mol. The van der Waals surface area contributed by atoms with Gasteiger partial charge < -0.3 is 5.32 Å². The van der Waals surface area contributed by atoms with Crippen molar-refractivity contribution in [2.45, 2.75) is 11.4 Å². The van der Waals surface area contributed by atoms with Crippen LogP contribution in [0.1, 0.15) is 15.9 Å². The normalized spacial score (nSPS) is 11.2. The van der Waals surface area contributed by atoms with Crippen LogP contribution in [0, 0.1) is 0 Å². The summed E-state index contributed by atoms with van der Waals surface area (Å²) in [5.74, 6) is -0.405. The molecule has 168 valence electrons. The number of benzene rings is 3. The lowest BCUT2D eigenvalue weighted by atomic mass is 10.2. The second-order valence-corrected chi connectivity index (χ2v) is 9.74. The lowest BCUT2D eigenvalue weighted by Crippen LogP contribution is -2.26. The number of amides is 1. The first kappa shape index (κ1) is 22.6. The maximum atomic E-state index is 13.1. The number of sulfonamides is 1. The summed E-state index contributed by atoms with van der Waals surface area (Å²) in [6, 6.07) is 21.7. The number of aromatic nitrogens is 2. The molecule has 0 bridgehead atoms. The van der Waals surface area contributed by atoms with E-state index in [0.29, 0.717) is 22.9 Å². The summed E-state index contributed by atoms with van der Waals surface area (Å²) in [5.41, 5.74) is 2.30. The monoisotopic (exact) mass is 480 g/mol. The van der Waals surface area contributed by atoms with Gasteiger partial charge in [0.2, 0.25) is 0 Å². The van der Waals surface area contributed by atoms with E-state index >= 15 is 0 Å². The highest BCUT2D eigenvalue weighted by molar-refractivity contribution is 7.92. The van der Waals surface area contributed by atoms with Crippen molar-refractivity contribution in [3.8, 4) is 0 Å². The number of hydrogen-bond donors (Lipinski definition) is 1. The maximum absolute atomic E-state index is 13.1. The minimum absolute atomic E-state index is 0.00666. The fourth-order valence-electron chi connectivity index (χ4n) is 3.24. The molecule has 0 aliphatic heterocycles. The Hall–Kier alpha value is -3.62. The lowest BCUT2D eigenvalue weighted by molar-refractivity contribution is 0.102. The fraction of sp³-hybridized carbons (Fsp3) is 0.0833. The zero-order chi connectivity index (χ0) is 23.4. The van der Waals surface area contributed by atoms with Crippen LogP contribution in [0.15, 0.2) is 96.2 Å². The smallest absolute Gasteiger partial charge is 0.264 e.